The van der Waals surface area contributed by atoms with Crippen LogP contribution in [-0.4, -0.2) is 24.4 Å². The van der Waals surface area contributed by atoms with Gasteiger partial charge >= 0.3 is 5.97 Å². The van der Waals surface area contributed by atoms with E-state index in [0.717, 1.165) is 30.4 Å². The molecule has 0 radical (unpaired) electrons. The smallest absolute Gasteiger partial charge is 0.308 e. The monoisotopic (exact) mass is 394 g/mol. The molecule has 0 saturated carbocycles. The summed E-state index contributed by atoms with van der Waals surface area (Å²) in [5, 5.41) is 5.71. The van der Waals surface area contributed by atoms with Crippen LogP contribution in [0.1, 0.15) is 55.0 Å². The van der Waals surface area contributed by atoms with Crippen LogP contribution in [0.3, 0.4) is 0 Å². The normalized spacial score (nSPS) is 16.2. The Kier molecular flexibility index (Phi) is 7.00. The van der Waals surface area contributed by atoms with Crippen LogP contribution in [0.15, 0.2) is 54.6 Å². The second-order valence-electron chi connectivity index (χ2n) is 7.24. The van der Waals surface area contributed by atoms with Gasteiger partial charge in [0, 0.05) is 6.92 Å². The fourth-order valence-electron chi connectivity index (χ4n) is 3.69. The molecule has 0 spiro atoms. The van der Waals surface area contributed by atoms with Crippen molar-refractivity contribution in [3.05, 3.63) is 71.3 Å². The van der Waals surface area contributed by atoms with Crippen molar-refractivity contribution in [1.29, 1.82) is 0 Å². The van der Waals surface area contributed by atoms with E-state index in [2.05, 4.69) is 16.7 Å². The van der Waals surface area contributed by atoms with Crippen molar-refractivity contribution < 1.29 is 19.1 Å². The summed E-state index contributed by atoms with van der Waals surface area (Å²) >= 11 is 0. The van der Waals surface area contributed by atoms with Crippen molar-refractivity contribution in [3.63, 3.8) is 0 Å². The Morgan fingerprint density at radius 3 is 2.55 bits per heavy atom. The SMILES string of the molecule is CC(=O)N[C@@H](CC(=O)OCC(=O)N[C@H]1CCCc2ccccc21)c1ccccc1. The van der Waals surface area contributed by atoms with Gasteiger partial charge in [-0.25, -0.2) is 0 Å². The van der Waals surface area contributed by atoms with Gasteiger partial charge in [0.25, 0.3) is 5.91 Å². The largest absolute Gasteiger partial charge is 0.456 e. The molecule has 6 nitrogen and oxygen atoms in total. The van der Waals surface area contributed by atoms with Crippen LogP contribution < -0.4 is 10.6 Å². The predicted molar refractivity (Wildman–Crippen MR) is 109 cm³/mol. The van der Waals surface area contributed by atoms with Crippen LogP contribution in [-0.2, 0) is 25.5 Å². The summed E-state index contributed by atoms with van der Waals surface area (Å²) in [4.78, 5) is 36.0. The van der Waals surface area contributed by atoms with Gasteiger partial charge in [-0.2, -0.15) is 0 Å². The molecular formula is C23H26N2O4. The number of benzene rings is 2. The average molecular weight is 394 g/mol. The van der Waals surface area contributed by atoms with Crippen LogP contribution in [0.2, 0.25) is 0 Å². The molecule has 1 aliphatic rings. The molecule has 29 heavy (non-hydrogen) atoms. The zero-order valence-corrected chi connectivity index (χ0v) is 16.5. The number of fused-ring (bicyclic) bond motifs is 1. The quantitative estimate of drug-likeness (QED) is 0.707. The predicted octanol–water partition coefficient (Wildman–Crippen LogP) is 2.99. The Hall–Kier alpha value is -3.15. The molecular weight excluding hydrogens is 368 g/mol. The topological polar surface area (TPSA) is 84.5 Å². The second kappa shape index (κ2) is 9.87. The first-order valence-corrected chi connectivity index (χ1v) is 9.88. The number of esters is 1. The van der Waals surface area contributed by atoms with Gasteiger partial charge in [0.05, 0.1) is 18.5 Å². The zero-order chi connectivity index (χ0) is 20.6. The molecule has 152 valence electrons. The number of hydrogen-bond donors (Lipinski definition) is 2. The summed E-state index contributed by atoms with van der Waals surface area (Å²) in [5.41, 5.74) is 3.19. The van der Waals surface area contributed by atoms with E-state index in [9.17, 15) is 14.4 Å². The molecule has 2 aromatic carbocycles. The van der Waals surface area contributed by atoms with Crippen LogP contribution >= 0.6 is 0 Å². The highest BCUT2D eigenvalue weighted by Crippen LogP contribution is 2.29. The van der Waals surface area contributed by atoms with Gasteiger partial charge in [-0.3, -0.25) is 14.4 Å². The molecule has 1 aliphatic carbocycles. The van der Waals surface area contributed by atoms with Crippen LogP contribution in [0.5, 0.6) is 0 Å². The van der Waals surface area contributed by atoms with Gasteiger partial charge in [-0.1, -0.05) is 54.6 Å². The van der Waals surface area contributed by atoms with Crippen LogP contribution in [0.4, 0.5) is 0 Å². The molecule has 2 atom stereocenters. The molecule has 0 aliphatic heterocycles. The number of amides is 2. The minimum absolute atomic E-state index is 0.0386. The van der Waals surface area contributed by atoms with E-state index in [1.54, 1.807) is 0 Å². The highest BCUT2D eigenvalue weighted by molar-refractivity contribution is 5.81. The van der Waals surface area contributed by atoms with E-state index < -0.39 is 12.0 Å². The average Bonchev–Trinajstić information content (AvgIpc) is 2.72. The highest BCUT2D eigenvalue weighted by atomic mass is 16.5. The van der Waals surface area contributed by atoms with Crippen molar-refractivity contribution in [2.24, 2.45) is 0 Å². The maximum atomic E-state index is 12.3. The van der Waals surface area contributed by atoms with Crippen molar-refractivity contribution in [3.8, 4) is 0 Å². The third-order valence-electron chi connectivity index (χ3n) is 5.02. The molecule has 0 saturated heterocycles. The van der Waals surface area contributed by atoms with Gasteiger partial charge in [0.1, 0.15) is 0 Å². The van der Waals surface area contributed by atoms with Crippen molar-refractivity contribution in [2.75, 3.05) is 6.61 Å². The first-order valence-electron chi connectivity index (χ1n) is 9.88. The lowest BCUT2D eigenvalue weighted by molar-refractivity contribution is -0.149. The maximum Gasteiger partial charge on any atom is 0.308 e. The van der Waals surface area contributed by atoms with Crippen LogP contribution in [0, 0.1) is 0 Å². The Balaban J connectivity index is 1.52. The maximum absolute atomic E-state index is 12.3. The van der Waals surface area contributed by atoms with Gasteiger partial charge in [-0.05, 0) is 36.0 Å². The third kappa shape index (κ3) is 5.91. The van der Waals surface area contributed by atoms with Crippen molar-refractivity contribution >= 4 is 17.8 Å². The summed E-state index contributed by atoms with van der Waals surface area (Å²) in [5.74, 6) is -1.09. The lowest BCUT2D eigenvalue weighted by atomic mass is 9.88. The van der Waals surface area contributed by atoms with E-state index in [0.29, 0.717) is 0 Å². The molecule has 2 N–H and O–H groups in total. The molecule has 0 heterocycles. The highest BCUT2D eigenvalue weighted by Gasteiger charge is 2.23. The van der Waals surface area contributed by atoms with Crippen molar-refractivity contribution in [2.45, 2.75) is 44.7 Å². The summed E-state index contributed by atoms with van der Waals surface area (Å²) in [6.07, 6.45) is 2.86. The molecule has 0 aromatic heterocycles. The van der Waals surface area contributed by atoms with E-state index >= 15 is 0 Å². The number of carbonyl (C=O) groups is 3. The number of nitrogens with one attached hydrogen (secondary N) is 2. The minimum atomic E-state index is -0.535. The number of aryl methyl sites for hydroxylation is 1. The Morgan fingerprint density at radius 2 is 1.79 bits per heavy atom. The molecule has 0 bridgehead atoms. The fraction of sp³-hybridized carbons (Fsp3) is 0.348. The van der Waals surface area contributed by atoms with E-state index in [-0.39, 0.29) is 30.9 Å². The van der Waals surface area contributed by atoms with E-state index in [1.165, 1.54) is 12.5 Å². The third-order valence-corrected chi connectivity index (χ3v) is 5.02. The van der Waals surface area contributed by atoms with Gasteiger partial charge in [-0.15, -0.1) is 0 Å². The molecule has 3 rings (SSSR count). The first kappa shape index (κ1) is 20.6. The molecule has 0 unspecified atom stereocenters. The lowest BCUT2D eigenvalue weighted by Crippen LogP contribution is -2.35. The molecule has 2 amide bonds. The minimum Gasteiger partial charge on any atom is -0.456 e. The second-order valence-corrected chi connectivity index (χ2v) is 7.24. The van der Waals surface area contributed by atoms with Gasteiger partial charge in [0.15, 0.2) is 6.61 Å². The Morgan fingerprint density at radius 1 is 1.07 bits per heavy atom. The molecule has 0 fully saturated rings. The zero-order valence-electron chi connectivity index (χ0n) is 16.5. The molecule has 2 aromatic rings. The number of carbonyl (C=O) groups excluding carboxylic acids is 3. The lowest BCUT2D eigenvalue weighted by Gasteiger charge is -2.26. The van der Waals surface area contributed by atoms with Crippen molar-refractivity contribution in [1.82, 2.24) is 10.6 Å². The fourth-order valence-corrected chi connectivity index (χ4v) is 3.69. The standard InChI is InChI=1S/C23H26N2O4/c1-16(26)24-21(18-9-3-2-4-10-18)14-23(28)29-15-22(27)25-20-13-7-11-17-8-5-6-12-19(17)20/h2-6,8-10,12,20-21H,7,11,13-15H2,1H3,(H,24,26)(H,25,27)/t20-,21-/m0/s1. The first-order chi connectivity index (χ1) is 14.0. The summed E-state index contributed by atoms with van der Waals surface area (Å²) < 4.78 is 5.16. The number of rotatable bonds is 7. The Labute approximate surface area is 170 Å². The van der Waals surface area contributed by atoms with E-state index in [1.807, 2.05) is 48.5 Å². The summed E-state index contributed by atoms with van der Waals surface area (Å²) in [7, 11) is 0. The summed E-state index contributed by atoms with van der Waals surface area (Å²) in [6, 6.07) is 16.7. The van der Waals surface area contributed by atoms with Gasteiger partial charge in [0.2, 0.25) is 5.91 Å². The Bertz CT molecular complexity index is 866. The number of ether oxygens (including phenoxy) is 1. The van der Waals surface area contributed by atoms with Gasteiger partial charge < -0.3 is 15.4 Å². The molecule has 6 heteroatoms. The van der Waals surface area contributed by atoms with E-state index in [4.69, 9.17) is 4.74 Å². The number of hydrogen-bond acceptors (Lipinski definition) is 4. The van der Waals surface area contributed by atoms with Crippen LogP contribution in [0.25, 0.3) is 0 Å². The summed E-state index contributed by atoms with van der Waals surface area (Å²) in [6.45, 7) is 1.07.